The molecule has 0 aromatic rings. The van der Waals surface area contributed by atoms with Gasteiger partial charge in [-0.2, -0.15) is 79.0 Å². The van der Waals surface area contributed by atoms with Gasteiger partial charge < -0.3 is 5.11 Å². The quantitative estimate of drug-likeness (QED) is 0.344. The molecule has 0 saturated carbocycles. The standard InChI is InChI=1S/C12H7F19O/c13-4(14,2-1-3-32)6(16,17)8(20,21)10(24,25)9(22,23)7(18,19)5(15,11(26,27)28)12(29,30)31/h32H,1-3H2. The fourth-order valence-corrected chi connectivity index (χ4v) is 2.01. The summed E-state index contributed by atoms with van der Waals surface area (Å²) in [4.78, 5) is 0. The van der Waals surface area contributed by atoms with Gasteiger partial charge in [0.15, 0.2) is 0 Å². The van der Waals surface area contributed by atoms with Crippen LogP contribution in [0.4, 0.5) is 83.4 Å². The summed E-state index contributed by atoms with van der Waals surface area (Å²) in [5.74, 6) is -49.7. The van der Waals surface area contributed by atoms with E-state index in [1.807, 2.05) is 0 Å². The van der Waals surface area contributed by atoms with E-state index in [2.05, 4.69) is 0 Å². The van der Waals surface area contributed by atoms with Crippen molar-refractivity contribution in [2.75, 3.05) is 6.61 Å². The Kier molecular flexibility index (Phi) is 7.51. The molecule has 1 nitrogen and oxygen atoms in total. The zero-order valence-electron chi connectivity index (χ0n) is 14.2. The molecule has 20 heteroatoms. The van der Waals surface area contributed by atoms with Crippen molar-refractivity contribution in [2.45, 2.75) is 66.4 Å². The summed E-state index contributed by atoms with van der Waals surface area (Å²) < 4.78 is 247. The molecule has 0 heterocycles. The molecule has 0 radical (unpaired) electrons. The molecule has 0 bridgehead atoms. The van der Waals surface area contributed by atoms with E-state index in [0.717, 1.165) is 0 Å². The van der Waals surface area contributed by atoms with E-state index in [4.69, 9.17) is 5.11 Å². The molecule has 0 unspecified atom stereocenters. The molecule has 0 fully saturated rings. The van der Waals surface area contributed by atoms with Gasteiger partial charge >= 0.3 is 53.6 Å². The number of aliphatic hydroxyl groups excluding tert-OH is 1. The van der Waals surface area contributed by atoms with Crippen molar-refractivity contribution in [3.05, 3.63) is 0 Å². The first-order valence-electron chi connectivity index (χ1n) is 7.26. The van der Waals surface area contributed by atoms with Gasteiger partial charge in [0.2, 0.25) is 0 Å². The van der Waals surface area contributed by atoms with Gasteiger partial charge in [-0.05, 0) is 6.42 Å². The number of hydrogen-bond donors (Lipinski definition) is 1. The Morgan fingerprint density at radius 3 is 0.969 bits per heavy atom. The molecule has 0 aromatic carbocycles. The fraction of sp³-hybridized carbons (Fsp3) is 1.00. The highest BCUT2D eigenvalue weighted by Crippen LogP contribution is 2.66. The van der Waals surface area contributed by atoms with Gasteiger partial charge in [0, 0.05) is 13.0 Å². The molecule has 0 aromatic heterocycles. The highest BCUT2D eigenvalue weighted by Gasteiger charge is 2.98. The maximum Gasteiger partial charge on any atom is 0.438 e. The largest absolute Gasteiger partial charge is 0.438 e. The second kappa shape index (κ2) is 7.85. The SMILES string of the molecule is OCCCC(F)(F)C(F)(F)C(F)(F)C(F)(F)C(F)(F)C(F)(F)C(F)(C(F)(F)F)C(F)(F)F. The monoisotopic (exact) mass is 528 g/mol. The van der Waals surface area contributed by atoms with Crippen LogP contribution >= 0.6 is 0 Å². The normalized spacial score (nSPS) is 16.5. The van der Waals surface area contributed by atoms with E-state index in [1.54, 1.807) is 0 Å². The maximum atomic E-state index is 13.4. The first-order chi connectivity index (χ1) is 13.6. The molecule has 0 rings (SSSR count). The Hall–Kier alpha value is -1.37. The zero-order chi connectivity index (χ0) is 26.6. The van der Waals surface area contributed by atoms with Crippen LogP contribution in [0.2, 0.25) is 0 Å². The third-order valence-corrected chi connectivity index (χ3v) is 3.90. The van der Waals surface area contributed by atoms with Crippen molar-refractivity contribution in [2.24, 2.45) is 0 Å². The average Bonchev–Trinajstić information content (AvgIpc) is 2.56. The molecule has 0 atom stereocenters. The van der Waals surface area contributed by atoms with Gasteiger partial charge in [0.05, 0.1) is 0 Å². The number of rotatable bonds is 9. The second-order valence-corrected chi connectivity index (χ2v) is 6.06. The lowest BCUT2D eigenvalue weighted by atomic mass is 9.83. The van der Waals surface area contributed by atoms with Crippen molar-refractivity contribution < 1.29 is 88.5 Å². The van der Waals surface area contributed by atoms with Gasteiger partial charge in [0.25, 0.3) is 0 Å². The lowest BCUT2D eigenvalue weighted by molar-refractivity contribution is -0.472. The summed E-state index contributed by atoms with van der Waals surface area (Å²) in [5.41, 5.74) is -8.73. The van der Waals surface area contributed by atoms with Crippen LogP contribution in [0.3, 0.4) is 0 Å². The third kappa shape index (κ3) is 3.82. The Morgan fingerprint density at radius 2 is 0.688 bits per heavy atom. The number of aliphatic hydroxyl groups is 1. The van der Waals surface area contributed by atoms with Gasteiger partial charge in [-0.15, -0.1) is 0 Å². The van der Waals surface area contributed by atoms with Crippen LogP contribution < -0.4 is 0 Å². The first-order valence-corrected chi connectivity index (χ1v) is 7.26. The highest BCUT2D eigenvalue weighted by atomic mass is 19.4. The Balaban J connectivity index is 6.97. The molecule has 0 saturated heterocycles. The van der Waals surface area contributed by atoms with Crippen LogP contribution in [-0.4, -0.2) is 65.3 Å². The molecular weight excluding hydrogens is 521 g/mol. The summed E-state index contributed by atoms with van der Waals surface area (Å²) >= 11 is 0. The summed E-state index contributed by atoms with van der Waals surface area (Å²) in [6.07, 6.45) is -20.9. The summed E-state index contributed by atoms with van der Waals surface area (Å²) in [7, 11) is 0. The molecule has 0 aliphatic carbocycles. The fourth-order valence-electron chi connectivity index (χ4n) is 2.01. The second-order valence-electron chi connectivity index (χ2n) is 6.06. The molecule has 32 heavy (non-hydrogen) atoms. The van der Waals surface area contributed by atoms with Crippen LogP contribution in [0.25, 0.3) is 0 Å². The Labute approximate surface area is 163 Å². The minimum absolute atomic E-state index is 1.54. The van der Waals surface area contributed by atoms with Crippen molar-refractivity contribution in [3.63, 3.8) is 0 Å². The minimum Gasteiger partial charge on any atom is -0.396 e. The minimum atomic E-state index is -9.00. The molecule has 0 spiro atoms. The van der Waals surface area contributed by atoms with Gasteiger partial charge in [-0.25, -0.2) is 4.39 Å². The van der Waals surface area contributed by atoms with Crippen LogP contribution in [0.5, 0.6) is 0 Å². The Bertz CT molecular complexity index is 642. The van der Waals surface area contributed by atoms with Crippen molar-refractivity contribution in [1.29, 1.82) is 0 Å². The highest BCUT2D eigenvalue weighted by molar-refractivity contribution is 5.19. The third-order valence-electron chi connectivity index (χ3n) is 3.90. The lowest BCUT2D eigenvalue weighted by Crippen LogP contribution is -2.77. The molecule has 0 aliphatic rings. The Morgan fingerprint density at radius 1 is 0.406 bits per heavy atom. The number of alkyl halides is 19. The molecule has 0 aliphatic heterocycles. The van der Waals surface area contributed by atoms with Crippen molar-refractivity contribution >= 4 is 0 Å². The van der Waals surface area contributed by atoms with Crippen LogP contribution in [0.1, 0.15) is 12.8 Å². The van der Waals surface area contributed by atoms with Gasteiger partial charge in [-0.1, -0.05) is 0 Å². The number of hydrogen-bond acceptors (Lipinski definition) is 1. The summed E-state index contributed by atoms with van der Waals surface area (Å²) in [5, 5.41) is 8.15. The average molecular weight is 528 g/mol. The topological polar surface area (TPSA) is 20.2 Å². The lowest BCUT2D eigenvalue weighted by Gasteiger charge is -2.45. The van der Waals surface area contributed by atoms with E-state index in [9.17, 15) is 83.4 Å². The van der Waals surface area contributed by atoms with E-state index in [0.29, 0.717) is 0 Å². The summed E-state index contributed by atoms with van der Waals surface area (Å²) in [6, 6.07) is 0. The number of halogens is 19. The van der Waals surface area contributed by atoms with Gasteiger partial charge in [-0.3, -0.25) is 0 Å². The maximum absolute atomic E-state index is 13.4. The van der Waals surface area contributed by atoms with E-state index >= 15 is 0 Å². The van der Waals surface area contributed by atoms with Crippen LogP contribution in [0.15, 0.2) is 0 Å². The zero-order valence-corrected chi connectivity index (χ0v) is 14.2. The van der Waals surface area contributed by atoms with E-state index in [-0.39, 0.29) is 0 Å². The predicted octanol–water partition coefficient (Wildman–Crippen LogP) is 6.40. The first kappa shape index (κ1) is 30.6. The van der Waals surface area contributed by atoms with E-state index < -0.39 is 73.0 Å². The molecule has 0 amide bonds. The molecule has 1 N–H and O–H groups in total. The molecule has 194 valence electrons. The van der Waals surface area contributed by atoms with Gasteiger partial charge in [0.1, 0.15) is 0 Å². The van der Waals surface area contributed by atoms with Crippen molar-refractivity contribution in [1.82, 2.24) is 0 Å². The van der Waals surface area contributed by atoms with Crippen molar-refractivity contribution in [3.8, 4) is 0 Å². The van der Waals surface area contributed by atoms with E-state index in [1.165, 1.54) is 0 Å². The summed E-state index contributed by atoms with van der Waals surface area (Å²) in [6.45, 7) is -1.54. The van der Waals surface area contributed by atoms with Crippen LogP contribution in [-0.2, 0) is 0 Å². The smallest absolute Gasteiger partial charge is 0.396 e. The molecular formula is C12H7F19O. The predicted molar refractivity (Wildman–Crippen MR) is 62.0 cm³/mol. The van der Waals surface area contributed by atoms with Crippen LogP contribution in [0, 0.1) is 0 Å².